The van der Waals surface area contributed by atoms with Gasteiger partial charge in [-0.05, 0) is 31.1 Å². The smallest absolute Gasteiger partial charge is 0.222 e. The second-order valence-corrected chi connectivity index (χ2v) is 5.21. The van der Waals surface area contributed by atoms with Crippen LogP contribution in [0, 0.1) is 11.8 Å². The van der Waals surface area contributed by atoms with Crippen molar-refractivity contribution in [3.8, 4) is 0 Å². The molecule has 0 bridgehead atoms. The summed E-state index contributed by atoms with van der Waals surface area (Å²) in [4.78, 5) is 13.9. The molecule has 0 saturated carbocycles. The van der Waals surface area contributed by atoms with Crippen LogP contribution in [0.25, 0.3) is 0 Å². The normalized spacial score (nSPS) is 19.8. The lowest BCUT2D eigenvalue weighted by atomic mass is 9.84. The van der Waals surface area contributed by atoms with Crippen molar-refractivity contribution < 1.29 is 4.79 Å². The lowest BCUT2D eigenvalue weighted by Gasteiger charge is -2.34. The van der Waals surface area contributed by atoms with Crippen molar-refractivity contribution in [2.45, 2.75) is 59.3 Å². The van der Waals surface area contributed by atoms with E-state index in [4.69, 9.17) is 0 Å². The van der Waals surface area contributed by atoms with Gasteiger partial charge in [0.2, 0.25) is 5.91 Å². The zero-order chi connectivity index (χ0) is 12.0. The molecule has 1 saturated heterocycles. The molecule has 0 aromatic heterocycles. The second-order valence-electron chi connectivity index (χ2n) is 5.21. The lowest BCUT2D eigenvalue weighted by molar-refractivity contribution is -0.132. The molecule has 0 spiro atoms. The molecule has 0 aromatic rings. The van der Waals surface area contributed by atoms with E-state index in [0.29, 0.717) is 5.91 Å². The van der Waals surface area contributed by atoms with Crippen LogP contribution in [0.3, 0.4) is 0 Å². The number of hydrogen-bond acceptors (Lipinski definition) is 1. The Bertz CT molecular complexity index is 207. The van der Waals surface area contributed by atoms with Gasteiger partial charge in [0.15, 0.2) is 0 Å². The zero-order valence-corrected chi connectivity index (χ0v) is 11.2. The SMILES string of the molecule is CCCCC(=O)N1CCC(C(C)CC)CC1. The molecule has 1 rings (SSSR count). The van der Waals surface area contributed by atoms with Crippen molar-refractivity contribution in [1.29, 1.82) is 0 Å². The molecule has 0 aliphatic carbocycles. The Morgan fingerprint density at radius 3 is 2.44 bits per heavy atom. The van der Waals surface area contributed by atoms with E-state index in [9.17, 15) is 4.79 Å². The van der Waals surface area contributed by atoms with Crippen LogP contribution in [-0.2, 0) is 4.79 Å². The first-order chi connectivity index (χ1) is 7.69. The highest BCUT2D eigenvalue weighted by Crippen LogP contribution is 2.27. The minimum absolute atomic E-state index is 0.379. The molecule has 94 valence electrons. The van der Waals surface area contributed by atoms with Gasteiger partial charge in [-0.25, -0.2) is 0 Å². The summed E-state index contributed by atoms with van der Waals surface area (Å²) in [5.41, 5.74) is 0. The first-order valence-electron chi connectivity index (χ1n) is 6.96. The maximum absolute atomic E-state index is 11.8. The van der Waals surface area contributed by atoms with Crippen molar-refractivity contribution in [2.24, 2.45) is 11.8 Å². The van der Waals surface area contributed by atoms with Gasteiger partial charge < -0.3 is 4.90 Å². The molecule has 1 unspecified atom stereocenters. The van der Waals surface area contributed by atoms with Gasteiger partial charge in [0.25, 0.3) is 0 Å². The molecule has 1 aliphatic heterocycles. The van der Waals surface area contributed by atoms with Gasteiger partial charge in [-0.1, -0.05) is 33.6 Å². The molecule has 1 amide bonds. The molecule has 16 heavy (non-hydrogen) atoms. The third-order valence-electron chi connectivity index (χ3n) is 4.09. The van der Waals surface area contributed by atoms with Gasteiger partial charge >= 0.3 is 0 Å². The maximum Gasteiger partial charge on any atom is 0.222 e. The number of piperidine rings is 1. The molecule has 2 nitrogen and oxygen atoms in total. The van der Waals surface area contributed by atoms with E-state index in [2.05, 4.69) is 25.7 Å². The summed E-state index contributed by atoms with van der Waals surface area (Å²) < 4.78 is 0. The summed E-state index contributed by atoms with van der Waals surface area (Å²) in [5.74, 6) is 2.05. The zero-order valence-electron chi connectivity index (χ0n) is 11.2. The van der Waals surface area contributed by atoms with Gasteiger partial charge in [-0.3, -0.25) is 4.79 Å². The third-order valence-corrected chi connectivity index (χ3v) is 4.09. The molecule has 0 radical (unpaired) electrons. The van der Waals surface area contributed by atoms with Crippen LogP contribution in [0.5, 0.6) is 0 Å². The van der Waals surface area contributed by atoms with E-state index in [0.717, 1.165) is 44.2 Å². The number of hydrogen-bond donors (Lipinski definition) is 0. The van der Waals surface area contributed by atoms with Gasteiger partial charge in [0, 0.05) is 19.5 Å². The Hall–Kier alpha value is -0.530. The molecule has 1 heterocycles. The minimum atomic E-state index is 0.379. The summed E-state index contributed by atoms with van der Waals surface area (Å²) in [5, 5.41) is 0. The van der Waals surface area contributed by atoms with Crippen molar-refractivity contribution in [2.75, 3.05) is 13.1 Å². The third kappa shape index (κ3) is 3.80. The summed E-state index contributed by atoms with van der Waals surface area (Å²) in [6.07, 6.45) is 6.62. The summed E-state index contributed by atoms with van der Waals surface area (Å²) in [6.45, 7) is 8.75. The Morgan fingerprint density at radius 1 is 1.31 bits per heavy atom. The number of unbranched alkanes of at least 4 members (excludes halogenated alkanes) is 1. The van der Waals surface area contributed by atoms with Crippen LogP contribution in [0.15, 0.2) is 0 Å². The van der Waals surface area contributed by atoms with Gasteiger partial charge in [0.05, 0.1) is 0 Å². The molecule has 1 fully saturated rings. The Morgan fingerprint density at radius 2 is 1.94 bits per heavy atom. The summed E-state index contributed by atoms with van der Waals surface area (Å²) >= 11 is 0. The quantitative estimate of drug-likeness (QED) is 0.701. The number of carbonyl (C=O) groups is 1. The van der Waals surface area contributed by atoms with Crippen molar-refractivity contribution in [1.82, 2.24) is 4.90 Å². The fourth-order valence-corrected chi connectivity index (χ4v) is 2.54. The Kier molecular flexibility index (Phi) is 5.86. The molecule has 0 N–H and O–H groups in total. The number of amides is 1. The monoisotopic (exact) mass is 225 g/mol. The first kappa shape index (κ1) is 13.5. The van der Waals surface area contributed by atoms with Crippen molar-refractivity contribution in [3.63, 3.8) is 0 Å². The molecular weight excluding hydrogens is 198 g/mol. The standard InChI is InChI=1S/C14H27NO/c1-4-6-7-14(16)15-10-8-13(9-11-15)12(3)5-2/h12-13H,4-11H2,1-3H3. The van der Waals surface area contributed by atoms with Crippen LogP contribution in [0.4, 0.5) is 0 Å². The van der Waals surface area contributed by atoms with Crippen molar-refractivity contribution >= 4 is 5.91 Å². The summed E-state index contributed by atoms with van der Waals surface area (Å²) in [6, 6.07) is 0. The number of rotatable bonds is 5. The fraction of sp³-hybridized carbons (Fsp3) is 0.929. The molecule has 1 aliphatic rings. The number of nitrogens with zero attached hydrogens (tertiary/aromatic N) is 1. The highest BCUT2D eigenvalue weighted by atomic mass is 16.2. The maximum atomic E-state index is 11.8. The van der Waals surface area contributed by atoms with E-state index >= 15 is 0 Å². The van der Waals surface area contributed by atoms with Crippen LogP contribution < -0.4 is 0 Å². The largest absolute Gasteiger partial charge is 0.343 e. The van der Waals surface area contributed by atoms with E-state index < -0.39 is 0 Å². The van der Waals surface area contributed by atoms with Crippen LogP contribution in [0.1, 0.15) is 59.3 Å². The van der Waals surface area contributed by atoms with Gasteiger partial charge in [-0.2, -0.15) is 0 Å². The highest BCUT2D eigenvalue weighted by Gasteiger charge is 2.24. The lowest BCUT2D eigenvalue weighted by Crippen LogP contribution is -2.39. The average molecular weight is 225 g/mol. The van der Waals surface area contributed by atoms with E-state index in [1.165, 1.54) is 19.3 Å². The number of likely N-dealkylation sites (tertiary alicyclic amines) is 1. The predicted molar refractivity (Wildman–Crippen MR) is 68.3 cm³/mol. The van der Waals surface area contributed by atoms with Gasteiger partial charge in [-0.15, -0.1) is 0 Å². The van der Waals surface area contributed by atoms with Crippen LogP contribution in [-0.4, -0.2) is 23.9 Å². The Balaban J connectivity index is 2.28. The first-order valence-corrected chi connectivity index (χ1v) is 6.96. The molecule has 0 aromatic carbocycles. The van der Waals surface area contributed by atoms with Crippen molar-refractivity contribution in [3.05, 3.63) is 0 Å². The Labute approximate surface area is 100 Å². The molecular formula is C14H27NO. The highest BCUT2D eigenvalue weighted by molar-refractivity contribution is 5.76. The minimum Gasteiger partial charge on any atom is -0.343 e. The topological polar surface area (TPSA) is 20.3 Å². The average Bonchev–Trinajstić information content (AvgIpc) is 2.35. The fourth-order valence-electron chi connectivity index (χ4n) is 2.54. The number of carbonyl (C=O) groups excluding carboxylic acids is 1. The van der Waals surface area contributed by atoms with E-state index in [-0.39, 0.29) is 0 Å². The molecule has 1 atom stereocenters. The van der Waals surface area contributed by atoms with Gasteiger partial charge in [0.1, 0.15) is 0 Å². The summed E-state index contributed by atoms with van der Waals surface area (Å²) in [7, 11) is 0. The van der Waals surface area contributed by atoms with E-state index in [1.54, 1.807) is 0 Å². The molecule has 2 heteroatoms. The second kappa shape index (κ2) is 6.93. The van der Waals surface area contributed by atoms with E-state index in [1.807, 2.05) is 0 Å². The predicted octanol–water partition coefficient (Wildman–Crippen LogP) is 3.46. The van der Waals surface area contributed by atoms with Crippen LogP contribution >= 0.6 is 0 Å². The van der Waals surface area contributed by atoms with Crippen LogP contribution in [0.2, 0.25) is 0 Å².